The topological polar surface area (TPSA) is 47.7 Å². The Morgan fingerprint density at radius 1 is 1.24 bits per heavy atom. The molecule has 0 amide bonds. The van der Waals surface area contributed by atoms with Gasteiger partial charge >= 0.3 is 0 Å². The molecule has 1 aromatic carbocycles. The number of hydrogen-bond acceptors (Lipinski definition) is 4. The van der Waals surface area contributed by atoms with Gasteiger partial charge in [-0.3, -0.25) is 4.90 Å². The third kappa shape index (κ3) is 2.87. The zero-order chi connectivity index (χ0) is 14.8. The van der Waals surface area contributed by atoms with Crippen LogP contribution in [-0.2, 0) is 0 Å². The molecule has 2 aliphatic heterocycles. The standard InChI is InChI=1S/C17H26N2O2/c1-12(2)14-4-3-7-19(14)15(11-18)13-5-6-16-17(10-13)21-9-8-20-16/h5-6,10,12,14-15H,3-4,7-9,11,18H2,1-2H3. The summed E-state index contributed by atoms with van der Waals surface area (Å²) in [6.45, 7) is 7.65. The smallest absolute Gasteiger partial charge is 0.161 e. The molecule has 3 rings (SSSR count). The van der Waals surface area contributed by atoms with Crippen molar-refractivity contribution in [1.29, 1.82) is 0 Å². The lowest BCUT2D eigenvalue weighted by molar-refractivity contribution is 0.147. The summed E-state index contributed by atoms with van der Waals surface area (Å²) in [4.78, 5) is 2.58. The largest absolute Gasteiger partial charge is 0.486 e. The molecule has 1 saturated heterocycles. The lowest BCUT2D eigenvalue weighted by atomic mass is 9.98. The van der Waals surface area contributed by atoms with Crippen LogP contribution in [0.3, 0.4) is 0 Å². The molecule has 0 saturated carbocycles. The molecule has 0 aliphatic carbocycles. The van der Waals surface area contributed by atoms with Crippen molar-refractivity contribution in [2.75, 3.05) is 26.3 Å². The molecule has 0 spiro atoms. The van der Waals surface area contributed by atoms with Gasteiger partial charge in [-0.2, -0.15) is 0 Å². The number of hydrogen-bond donors (Lipinski definition) is 1. The fourth-order valence-electron chi connectivity index (χ4n) is 3.65. The second kappa shape index (κ2) is 6.24. The number of fused-ring (bicyclic) bond motifs is 1. The Bertz CT molecular complexity index is 490. The first kappa shape index (κ1) is 14.7. The van der Waals surface area contributed by atoms with E-state index in [-0.39, 0.29) is 6.04 Å². The van der Waals surface area contributed by atoms with Crippen LogP contribution in [0.5, 0.6) is 11.5 Å². The number of likely N-dealkylation sites (tertiary alicyclic amines) is 1. The van der Waals surface area contributed by atoms with Gasteiger partial charge in [-0.15, -0.1) is 0 Å². The summed E-state index contributed by atoms with van der Waals surface area (Å²) in [5.41, 5.74) is 7.35. The first-order chi connectivity index (χ1) is 10.2. The Hall–Kier alpha value is -1.26. The van der Waals surface area contributed by atoms with Crippen molar-refractivity contribution in [3.8, 4) is 11.5 Å². The van der Waals surface area contributed by atoms with E-state index in [0.717, 1.165) is 18.0 Å². The van der Waals surface area contributed by atoms with Gasteiger partial charge in [0.05, 0.1) is 0 Å². The van der Waals surface area contributed by atoms with E-state index in [9.17, 15) is 0 Å². The van der Waals surface area contributed by atoms with Crippen molar-refractivity contribution in [1.82, 2.24) is 4.90 Å². The van der Waals surface area contributed by atoms with E-state index in [0.29, 0.717) is 31.7 Å². The molecule has 1 aromatic rings. The van der Waals surface area contributed by atoms with E-state index in [1.54, 1.807) is 0 Å². The summed E-state index contributed by atoms with van der Waals surface area (Å²) in [6, 6.07) is 7.18. The van der Waals surface area contributed by atoms with Crippen LogP contribution in [-0.4, -0.2) is 37.2 Å². The number of nitrogens with zero attached hydrogens (tertiary/aromatic N) is 1. The summed E-state index contributed by atoms with van der Waals surface area (Å²) in [5, 5.41) is 0. The summed E-state index contributed by atoms with van der Waals surface area (Å²) in [7, 11) is 0. The Morgan fingerprint density at radius 3 is 2.71 bits per heavy atom. The van der Waals surface area contributed by atoms with Crippen LogP contribution in [0, 0.1) is 5.92 Å². The fourth-order valence-corrected chi connectivity index (χ4v) is 3.65. The van der Waals surface area contributed by atoms with Crippen LogP contribution in [0.4, 0.5) is 0 Å². The molecule has 2 heterocycles. The average molecular weight is 290 g/mol. The first-order valence-electron chi connectivity index (χ1n) is 8.06. The van der Waals surface area contributed by atoms with Crippen molar-refractivity contribution < 1.29 is 9.47 Å². The van der Waals surface area contributed by atoms with E-state index >= 15 is 0 Å². The maximum atomic E-state index is 6.11. The minimum absolute atomic E-state index is 0.274. The minimum Gasteiger partial charge on any atom is -0.486 e. The van der Waals surface area contributed by atoms with Gasteiger partial charge < -0.3 is 15.2 Å². The number of nitrogens with two attached hydrogens (primary N) is 1. The summed E-state index contributed by atoms with van der Waals surface area (Å²) in [6.07, 6.45) is 2.54. The first-order valence-corrected chi connectivity index (χ1v) is 8.06. The van der Waals surface area contributed by atoms with Crippen LogP contribution in [0.15, 0.2) is 18.2 Å². The van der Waals surface area contributed by atoms with Crippen molar-refractivity contribution in [2.24, 2.45) is 11.7 Å². The molecule has 4 nitrogen and oxygen atoms in total. The second-order valence-corrected chi connectivity index (χ2v) is 6.35. The molecule has 21 heavy (non-hydrogen) atoms. The van der Waals surface area contributed by atoms with Gasteiger partial charge in [0.2, 0.25) is 0 Å². The molecule has 2 N–H and O–H groups in total. The zero-order valence-electron chi connectivity index (χ0n) is 13.0. The Kier molecular flexibility index (Phi) is 4.36. The van der Waals surface area contributed by atoms with E-state index < -0.39 is 0 Å². The van der Waals surface area contributed by atoms with Gasteiger partial charge in [0, 0.05) is 18.6 Å². The quantitative estimate of drug-likeness (QED) is 0.926. The molecule has 2 aliphatic rings. The van der Waals surface area contributed by atoms with Gasteiger partial charge in [0.15, 0.2) is 11.5 Å². The predicted molar refractivity (Wildman–Crippen MR) is 83.8 cm³/mol. The molecule has 0 bridgehead atoms. The zero-order valence-corrected chi connectivity index (χ0v) is 13.0. The summed E-state index contributed by atoms with van der Waals surface area (Å²) in [5.74, 6) is 2.37. The monoisotopic (exact) mass is 290 g/mol. The van der Waals surface area contributed by atoms with Crippen LogP contribution < -0.4 is 15.2 Å². The molecular weight excluding hydrogens is 264 g/mol. The van der Waals surface area contributed by atoms with Gasteiger partial charge in [-0.05, 0) is 43.0 Å². The summed E-state index contributed by atoms with van der Waals surface area (Å²) < 4.78 is 11.3. The van der Waals surface area contributed by atoms with Crippen LogP contribution >= 0.6 is 0 Å². The maximum Gasteiger partial charge on any atom is 0.161 e. The van der Waals surface area contributed by atoms with Crippen LogP contribution in [0.1, 0.15) is 38.3 Å². The van der Waals surface area contributed by atoms with Gasteiger partial charge in [0.1, 0.15) is 13.2 Å². The lowest BCUT2D eigenvalue weighted by Gasteiger charge is -2.35. The Labute approximate surface area is 127 Å². The number of rotatable bonds is 4. The van der Waals surface area contributed by atoms with Gasteiger partial charge in [-0.1, -0.05) is 19.9 Å². The third-order valence-electron chi connectivity index (χ3n) is 4.69. The Balaban J connectivity index is 1.86. The van der Waals surface area contributed by atoms with Crippen molar-refractivity contribution in [2.45, 2.75) is 38.8 Å². The maximum absolute atomic E-state index is 6.11. The van der Waals surface area contributed by atoms with Crippen molar-refractivity contribution in [3.05, 3.63) is 23.8 Å². The molecule has 4 heteroatoms. The SMILES string of the molecule is CC(C)C1CCCN1C(CN)c1ccc2c(c1)OCCO2. The van der Waals surface area contributed by atoms with Crippen LogP contribution in [0.25, 0.3) is 0 Å². The highest BCUT2D eigenvalue weighted by Gasteiger charge is 2.33. The van der Waals surface area contributed by atoms with E-state index in [1.807, 2.05) is 6.07 Å². The summed E-state index contributed by atoms with van der Waals surface area (Å²) >= 11 is 0. The molecule has 0 aromatic heterocycles. The van der Waals surface area contributed by atoms with Crippen molar-refractivity contribution >= 4 is 0 Å². The molecule has 0 radical (unpaired) electrons. The molecular formula is C17H26N2O2. The van der Waals surface area contributed by atoms with Crippen molar-refractivity contribution in [3.63, 3.8) is 0 Å². The van der Waals surface area contributed by atoms with Gasteiger partial charge in [-0.25, -0.2) is 0 Å². The number of benzene rings is 1. The average Bonchev–Trinajstić information content (AvgIpc) is 2.97. The van der Waals surface area contributed by atoms with Gasteiger partial charge in [0.25, 0.3) is 0 Å². The highest BCUT2D eigenvalue weighted by Crippen LogP contribution is 2.37. The molecule has 2 atom stereocenters. The lowest BCUT2D eigenvalue weighted by Crippen LogP contribution is -2.40. The van der Waals surface area contributed by atoms with Crippen LogP contribution in [0.2, 0.25) is 0 Å². The third-order valence-corrected chi connectivity index (χ3v) is 4.69. The minimum atomic E-state index is 0.274. The predicted octanol–water partition coefficient (Wildman–Crippen LogP) is 2.58. The normalized spacial score (nSPS) is 23.5. The van der Waals surface area contributed by atoms with E-state index in [4.69, 9.17) is 15.2 Å². The Morgan fingerprint density at radius 2 is 2.00 bits per heavy atom. The highest BCUT2D eigenvalue weighted by molar-refractivity contribution is 5.44. The fraction of sp³-hybridized carbons (Fsp3) is 0.647. The number of ether oxygens (including phenoxy) is 2. The molecule has 1 fully saturated rings. The molecule has 2 unspecified atom stereocenters. The second-order valence-electron chi connectivity index (χ2n) is 6.35. The molecule has 116 valence electrons. The van der Waals surface area contributed by atoms with E-state index in [1.165, 1.54) is 18.4 Å². The highest BCUT2D eigenvalue weighted by atomic mass is 16.6. The van der Waals surface area contributed by atoms with E-state index in [2.05, 4.69) is 30.9 Å².